The van der Waals surface area contributed by atoms with Gasteiger partial charge in [0.15, 0.2) is 0 Å². The van der Waals surface area contributed by atoms with E-state index in [1.807, 2.05) is 47.8 Å². The van der Waals surface area contributed by atoms with Crippen LogP contribution in [-0.4, -0.2) is 21.9 Å². The van der Waals surface area contributed by atoms with Crippen molar-refractivity contribution in [3.8, 4) is 16.5 Å². The highest BCUT2D eigenvalue weighted by Gasteiger charge is 2.29. The molecular formula is C24H21N3O2S2. The van der Waals surface area contributed by atoms with Gasteiger partial charge >= 0.3 is 0 Å². The number of nitrogens with one attached hydrogen (secondary N) is 1. The van der Waals surface area contributed by atoms with Crippen molar-refractivity contribution in [1.29, 1.82) is 5.26 Å². The first-order chi connectivity index (χ1) is 15.1. The van der Waals surface area contributed by atoms with Crippen LogP contribution in [-0.2, 0) is 4.79 Å². The topological polar surface area (TPSA) is 82.8 Å². The van der Waals surface area contributed by atoms with Crippen LogP contribution in [0.3, 0.4) is 0 Å². The Kier molecular flexibility index (Phi) is 6.50. The molecule has 0 saturated heterocycles. The number of ketones is 1. The Morgan fingerprint density at radius 3 is 2.71 bits per heavy atom. The maximum absolute atomic E-state index is 13.3. The lowest BCUT2D eigenvalue weighted by Gasteiger charge is -2.21. The highest BCUT2D eigenvalue weighted by Crippen LogP contribution is 2.40. The van der Waals surface area contributed by atoms with Gasteiger partial charge in [-0.05, 0) is 43.3 Å². The monoisotopic (exact) mass is 447 g/mol. The number of nitriles is 1. The fourth-order valence-electron chi connectivity index (χ4n) is 3.74. The molecule has 0 radical (unpaired) electrons. The van der Waals surface area contributed by atoms with Crippen LogP contribution in [0.4, 0.5) is 5.69 Å². The fourth-order valence-corrected chi connectivity index (χ4v) is 5.78. The van der Waals surface area contributed by atoms with E-state index in [2.05, 4.69) is 16.4 Å². The number of thiophene rings is 1. The fraction of sp³-hybridized carbons (Fsp3) is 0.250. The lowest BCUT2D eigenvalue weighted by molar-refractivity contribution is -0.119. The molecule has 1 aliphatic rings. The van der Waals surface area contributed by atoms with E-state index in [-0.39, 0.29) is 16.9 Å². The molecule has 1 saturated carbocycles. The molecule has 0 bridgehead atoms. The number of carbonyl (C=O) groups excluding carboxylic acids is 2. The molecule has 156 valence electrons. The van der Waals surface area contributed by atoms with Gasteiger partial charge in [-0.15, -0.1) is 11.3 Å². The summed E-state index contributed by atoms with van der Waals surface area (Å²) < 4.78 is 0. The zero-order valence-corrected chi connectivity index (χ0v) is 18.7. The number of Topliss-reactive ketones (excluding diaryl/α,β-unsaturated/α-hetero) is 1. The number of carbonyl (C=O) groups is 2. The molecule has 2 heterocycles. The van der Waals surface area contributed by atoms with Crippen LogP contribution in [0.1, 0.15) is 47.3 Å². The van der Waals surface area contributed by atoms with Crippen molar-refractivity contribution in [1.82, 2.24) is 4.98 Å². The van der Waals surface area contributed by atoms with Gasteiger partial charge < -0.3 is 5.32 Å². The van der Waals surface area contributed by atoms with Crippen molar-refractivity contribution in [2.75, 3.05) is 5.32 Å². The zero-order valence-electron chi connectivity index (χ0n) is 17.1. The summed E-state index contributed by atoms with van der Waals surface area (Å²) in [7, 11) is 0. The van der Waals surface area contributed by atoms with Crippen molar-refractivity contribution in [3.63, 3.8) is 0 Å². The van der Waals surface area contributed by atoms with Gasteiger partial charge in [0.1, 0.15) is 16.9 Å². The first-order valence-corrected chi connectivity index (χ1v) is 11.9. The van der Waals surface area contributed by atoms with Crippen molar-refractivity contribution in [3.05, 3.63) is 64.7 Å². The maximum atomic E-state index is 13.3. The minimum Gasteiger partial charge on any atom is -0.322 e. The molecule has 1 aliphatic carbocycles. The third-order valence-corrected chi connectivity index (χ3v) is 7.42. The Hall–Kier alpha value is -2.95. The van der Waals surface area contributed by atoms with Crippen LogP contribution in [0, 0.1) is 18.3 Å². The minimum absolute atomic E-state index is 0.187. The molecule has 0 spiro atoms. The molecule has 4 rings (SSSR count). The van der Waals surface area contributed by atoms with Crippen LogP contribution in [0.2, 0.25) is 0 Å². The van der Waals surface area contributed by atoms with Crippen LogP contribution in [0.25, 0.3) is 10.4 Å². The Labute approximate surface area is 189 Å². The number of rotatable bonds is 5. The van der Waals surface area contributed by atoms with Crippen molar-refractivity contribution < 1.29 is 9.59 Å². The number of thioether (sulfide) groups is 1. The quantitative estimate of drug-likeness (QED) is 0.531. The van der Waals surface area contributed by atoms with Crippen molar-refractivity contribution in [2.45, 2.75) is 42.9 Å². The van der Waals surface area contributed by atoms with Gasteiger partial charge in [-0.2, -0.15) is 5.26 Å². The lowest BCUT2D eigenvalue weighted by Crippen LogP contribution is -2.22. The zero-order chi connectivity index (χ0) is 21.8. The SMILES string of the molecule is Cc1nc(S[C@@H]2CCCCC2=O)c(C#N)c(-c2cccs2)c1C(=O)Nc1ccccc1. The van der Waals surface area contributed by atoms with Gasteiger partial charge in [0.05, 0.1) is 22.1 Å². The average molecular weight is 448 g/mol. The third-order valence-electron chi connectivity index (χ3n) is 5.24. The molecule has 0 aliphatic heterocycles. The summed E-state index contributed by atoms with van der Waals surface area (Å²) in [5.41, 5.74) is 2.55. The smallest absolute Gasteiger partial charge is 0.258 e. The van der Waals surface area contributed by atoms with E-state index in [1.165, 1.54) is 23.1 Å². The predicted octanol–water partition coefficient (Wildman–Crippen LogP) is 5.85. The molecule has 1 fully saturated rings. The number of benzene rings is 1. The van der Waals surface area contributed by atoms with Gasteiger partial charge in [-0.25, -0.2) is 4.98 Å². The van der Waals surface area contributed by atoms with Crippen LogP contribution < -0.4 is 5.32 Å². The van der Waals surface area contributed by atoms with Gasteiger partial charge in [0.25, 0.3) is 5.91 Å². The molecule has 1 amide bonds. The molecular weight excluding hydrogens is 426 g/mol. The summed E-state index contributed by atoms with van der Waals surface area (Å²) >= 11 is 2.84. The summed E-state index contributed by atoms with van der Waals surface area (Å²) in [6, 6.07) is 15.3. The summed E-state index contributed by atoms with van der Waals surface area (Å²) in [6.07, 6.45) is 3.29. The molecule has 2 aromatic heterocycles. The highest BCUT2D eigenvalue weighted by molar-refractivity contribution is 8.00. The summed E-state index contributed by atoms with van der Waals surface area (Å²) in [5, 5.41) is 15.2. The number of hydrogen-bond acceptors (Lipinski definition) is 6. The Balaban J connectivity index is 1.81. The average Bonchev–Trinajstić information content (AvgIpc) is 3.30. The number of para-hydroxylation sites is 1. The molecule has 3 aromatic rings. The molecule has 0 unspecified atom stereocenters. The Morgan fingerprint density at radius 1 is 1.23 bits per heavy atom. The standard InChI is InChI=1S/C24H21N3O2S2/c1-15-21(23(29)27-16-8-3-2-4-9-16)22(20-12-7-13-30-20)17(14-25)24(26-15)31-19-11-6-5-10-18(19)28/h2-4,7-9,12-13,19H,5-6,10-11H2,1H3,(H,27,29)/t19-/m1/s1. The van der Waals surface area contributed by atoms with E-state index in [9.17, 15) is 14.9 Å². The second-order valence-corrected chi connectivity index (χ2v) is 9.49. The van der Waals surface area contributed by atoms with Gasteiger partial charge in [-0.1, -0.05) is 42.4 Å². The number of nitrogens with zero attached hydrogens (tertiary/aromatic N) is 2. The van der Waals surface area contributed by atoms with Gasteiger partial charge in [0.2, 0.25) is 0 Å². The maximum Gasteiger partial charge on any atom is 0.258 e. The molecule has 7 heteroatoms. The number of aryl methyl sites for hydroxylation is 1. The van der Waals surface area contributed by atoms with Crippen LogP contribution in [0.15, 0.2) is 52.9 Å². The Bertz CT molecular complexity index is 1150. The van der Waals surface area contributed by atoms with E-state index in [0.29, 0.717) is 39.5 Å². The largest absolute Gasteiger partial charge is 0.322 e. The molecule has 1 N–H and O–H groups in total. The summed E-state index contributed by atoms with van der Waals surface area (Å²) in [5.74, 6) is -0.0930. The van der Waals surface area contributed by atoms with Crippen LogP contribution in [0.5, 0.6) is 0 Å². The molecule has 1 atom stereocenters. The predicted molar refractivity (Wildman–Crippen MR) is 125 cm³/mol. The summed E-state index contributed by atoms with van der Waals surface area (Å²) in [4.78, 5) is 31.1. The lowest BCUT2D eigenvalue weighted by atomic mass is 9.99. The number of pyridine rings is 1. The second-order valence-electron chi connectivity index (χ2n) is 7.36. The first kappa shape index (κ1) is 21.3. The minimum atomic E-state index is -0.304. The van der Waals surface area contributed by atoms with E-state index in [4.69, 9.17) is 0 Å². The van der Waals surface area contributed by atoms with Gasteiger partial charge in [0, 0.05) is 22.5 Å². The van der Waals surface area contributed by atoms with E-state index >= 15 is 0 Å². The van der Waals surface area contributed by atoms with Crippen molar-refractivity contribution in [2.24, 2.45) is 0 Å². The van der Waals surface area contributed by atoms with E-state index in [1.54, 1.807) is 6.92 Å². The highest BCUT2D eigenvalue weighted by atomic mass is 32.2. The van der Waals surface area contributed by atoms with Crippen molar-refractivity contribution >= 4 is 40.5 Å². The summed E-state index contributed by atoms with van der Waals surface area (Å²) in [6.45, 7) is 1.78. The first-order valence-electron chi connectivity index (χ1n) is 10.1. The van der Waals surface area contributed by atoms with Crippen LogP contribution >= 0.6 is 23.1 Å². The number of amides is 1. The molecule has 5 nitrogen and oxygen atoms in total. The number of anilines is 1. The number of hydrogen-bond donors (Lipinski definition) is 1. The van der Waals surface area contributed by atoms with Gasteiger partial charge in [-0.3, -0.25) is 9.59 Å². The third kappa shape index (κ3) is 4.55. The number of aromatic nitrogens is 1. The molecule has 31 heavy (non-hydrogen) atoms. The van der Waals surface area contributed by atoms with E-state index in [0.717, 1.165) is 24.1 Å². The van der Waals surface area contributed by atoms with E-state index < -0.39 is 0 Å². The second kappa shape index (κ2) is 9.46. The Morgan fingerprint density at radius 2 is 2.03 bits per heavy atom. The normalized spacial score (nSPS) is 16.0. The molecule has 1 aromatic carbocycles.